The van der Waals surface area contributed by atoms with E-state index in [1.54, 1.807) is 0 Å². The second-order valence-electron chi connectivity index (χ2n) is 6.81. The van der Waals surface area contributed by atoms with Crippen LogP contribution in [0.4, 0.5) is 0 Å². The van der Waals surface area contributed by atoms with E-state index in [4.69, 9.17) is 21.1 Å². The van der Waals surface area contributed by atoms with Crippen molar-refractivity contribution in [1.29, 1.82) is 0 Å². The molecular formula is C20H33ClIN3O3. The van der Waals surface area contributed by atoms with Crippen molar-refractivity contribution in [3.05, 3.63) is 29.3 Å². The van der Waals surface area contributed by atoms with E-state index in [0.29, 0.717) is 42.3 Å². The smallest absolute Gasteiger partial charge is 0.191 e. The van der Waals surface area contributed by atoms with Crippen LogP contribution >= 0.6 is 35.6 Å². The molecule has 160 valence electrons. The number of aliphatic imine (C=N–C) groups is 1. The lowest BCUT2D eigenvalue weighted by molar-refractivity contribution is 0.0368. The van der Waals surface area contributed by atoms with Gasteiger partial charge in [-0.15, -0.1) is 24.0 Å². The van der Waals surface area contributed by atoms with Crippen LogP contribution in [0.1, 0.15) is 33.1 Å². The van der Waals surface area contributed by atoms with Gasteiger partial charge < -0.3 is 25.2 Å². The molecule has 1 saturated carbocycles. The van der Waals surface area contributed by atoms with Crippen LogP contribution < -0.4 is 15.4 Å². The van der Waals surface area contributed by atoms with Crippen LogP contribution in [0.3, 0.4) is 0 Å². The van der Waals surface area contributed by atoms with Crippen molar-refractivity contribution in [3.63, 3.8) is 0 Å². The lowest BCUT2D eigenvalue weighted by Crippen LogP contribution is -2.43. The minimum atomic E-state index is -0.597. The Bertz CT molecular complexity index is 588. The van der Waals surface area contributed by atoms with E-state index in [2.05, 4.69) is 22.5 Å². The lowest BCUT2D eigenvalue weighted by Gasteiger charge is -2.20. The number of para-hydroxylation sites is 1. The van der Waals surface area contributed by atoms with Crippen molar-refractivity contribution in [2.24, 2.45) is 10.9 Å². The van der Waals surface area contributed by atoms with Gasteiger partial charge in [-0.1, -0.05) is 30.7 Å². The molecule has 0 amide bonds. The summed E-state index contributed by atoms with van der Waals surface area (Å²) >= 11 is 6.17. The Balaban J connectivity index is 0.00000392. The van der Waals surface area contributed by atoms with Gasteiger partial charge in [-0.3, -0.25) is 4.99 Å². The van der Waals surface area contributed by atoms with Crippen molar-refractivity contribution in [1.82, 2.24) is 10.6 Å². The van der Waals surface area contributed by atoms with Gasteiger partial charge in [0.2, 0.25) is 0 Å². The first-order valence-corrected chi connectivity index (χ1v) is 10.2. The molecule has 8 heteroatoms. The third kappa shape index (κ3) is 10.1. The molecule has 1 aliphatic rings. The molecule has 0 heterocycles. The minimum absolute atomic E-state index is 0. The zero-order chi connectivity index (χ0) is 19.5. The topological polar surface area (TPSA) is 75.1 Å². The number of aliphatic hydroxyl groups excluding tert-OH is 1. The van der Waals surface area contributed by atoms with Gasteiger partial charge in [-0.25, -0.2) is 0 Å². The maximum Gasteiger partial charge on any atom is 0.191 e. The van der Waals surface area contributed by atoms with Gasteiger partial charge in [0, 0.05) is 13.2 Å². The molecule has 28 heavy (non-hydrogen) atoms. The highest BCUT2D eigenvalue weighted by Crippen LogP contribution is 2.28. The predicted octanol–water partition coefficient (Wildman–Crippen LogP) is 3.46. The van der Waals surface area contributed by atoms with Gasteiger partial charge in [0.05, 0.1) is 30.8 Å². The standard InChI is InChI=1S/C20H32ClN3O3.HI/c1-3-17(27-19-8-6-5-7-18(19)21)12-24-20(22-4-2)23-11-16(25)14-26-13-15-9-10-15;/h5-8,15-17,25H,3-4,9-14H2,1-2H3,(H2,22,23,24);1H. The molecule has 0 aromatic heterocycles. The van der Waals surface area contributed by atoms with Crippen molar-refractivity contribution in [2.45, 2.75) is 45.3 Å². The summed E-state index contributed by atoms with van der Waals surface area (Å²) in [7, 11) is 0. The molecule has 0 spiro atoms. The Labute approximate surface area is 190 Å². The van der Waals surface area contributed by atoms with E-state index < -0.39 is 6.10 Å². The number of ether oxygens (including phenoxy) is 2. The zero-order valence-electron chi connectivity index (χ0n) is 16.7. The van der Waals surface area contributed by atoms with Crippen LogP contribution in [-0.2, 0) is 4.74 Å². The second kappa shape index (κ2) is 14.3. The Morgan fingerprint density at radius 3 is 2.68 bits per heavy atom. The first-order chi connectivity index (χ1) is 13.1. The Morgan fingerprint density at radius 1 is 1.29 bits per heavy atom. The average Bonchev–Trinajstić information content (AvgIpc) is 3.48. The highest BCUT2D eigenvalue weighted by atomic mass is 127. The number of hydrogen-bond donors (Lipinski definition) is 3. The van der Waals surface area contributed by atoms with Crippen molar-refractivity contribution < 1.29 is 14.6 Å². The van der Waals surface area contributed by atoms with E-state index in [1.165, 1.54) is 12.8 Å². The van der Waals surface area contributed by atoms with Crippen molar-refractivity contribution >= 4 is 41.5 Å². The summed E-state index contributed by atoms with van der Waals surface area (Å²) in [4.78, 5) is 4.44. The fourth-order valence-corrected chi connectivity index (χ4v) is 2.63. The van der Waals surface area contributed by atoms with Gasteiger partial charge in [0.25, 0.3) is 0 Å². The summed E-state index contributed by atoms with van der Waals surface area (Å²) in [5.41, 5.74) is 0. The Morgan fingerprint density at radius 2 is 2.04 bits per heavy atom. The highest BCUT2D eigenvalue weighted by Gasteiger charge is 2.21. The van der Waals surface area contributed by atoms with Gasteiger partial charge in [-0.05, 0) is 44.2 Å². The van der Waals surface area contributed by atoms with Crippen LogP contribution in [0.25, 0.3) is 0 Å². The highest BCUT2D eigenvalue weighted by molar-refractivity contribution is 14.0. The van der Waals surface area contributed by atoms with Crippen LogP contribution in [0.15, 0.2) is 29.3 Å². The quantitative estimate of drug-likeness (QED) is 0.221. The fourth-order valence-electron chi connectivity index (χ4n) is 2.45. The van der Waals surface area contributed by atoms with Gasteiger partial charge in [0.1, 0.15) is 11.9 Å². The van der Waals surface area contributed by atoms with Crippen LogP contribution in [0.2, 0.25) is 5.02 Å². The number of halogens is 2. The largest absolute Gasteiger partial charge is 0.487 e. The Hall–Kier alpha value is -0.770. The maximum absolute atomic E-state index is 10.0. The molecule has 6 nitrogen and oxygen atoms in total. The van der Waals surface area contributed by atoms with Crippen LogP contribution in [-0.4, -0.2) is 56.1 Å². The zero-order valence-corrected chi connectivity index (χ0v) is 19.8. The van der Waals surface area contributed by atoms with E-state index in [9.17, 15) is 5.11 Å². The third-order valence-corrected chi connectivity index (χ3v) is 4.56. The number of aliphatic hydroxyl groups is 1. The molecule has 0 bridgehead atoms. The van der Waals surface area contributed by atoms with E-state index >= 15 is 0 Å². The lowest BCUT2D eigenvalue weighted by atomic mass is 10.2. The first kappa shape index (κ1) is 25.3. The fraction of sp³-hybridized carbons (Fsp3) is 0.650. The third-order valence-electron chi connectivity index (χ3n) is 4.25. The monoisotopic (exact) mass is 525 g/mol. The SMILES string of the molecule is CCNC(=NCC(O)COCC1CC1)NCC(CC)Oc1ccccc1Cl.I. The van der Waals surface area contributed by atoms with Crippen molar-refractivity contribution in [3.8, 4) is 5.75 Å². The summed E-state index contributed by atoms with van der Waals surface area (Å²) in [6, 6.07) is 7.46. The molecule has 2 rings (SSSR count). The number of rotatable bonds is 12. The predicted molar refractivity (Wildman–Crippen MR) is 125 cm³/mol. The number of nitrogens with zero attached hydrogens (tertiary/aromatic N) is 1. The second-order valence-corrected chi connectivity index (χ2v) is 7.22. The molecule has 0 radical (unpaired) electrons. The first-order valence-electron chi connectivity index (χ1n) is 9.81. The number of guanidine groups is 1. The molecule has 3 N–H and O–H groups in total. The van der Waals surface area contributed by atoms with Crippen molar-refractivity contribution in [2.75, 3.05) is 32.8 Å². The molecular weight excluding hydrogens is 493 g/mol. The Kier molecular flexibility index (Phi) is 12.9. The summed E-state index contributed by atoms with van der Waals surface area (Å²) < 4.78 is 11.5. The molecule has 2 atom stereocenters. The molecule has 1 aromatic rings. The minimum Gasteiger partial charge on any atom is -0.487 e. The summed E-state index contributed by atoms with van der Waals surface area (Å²) in [6.07, 6.45) is 2.69. The molecule has 2 unspecified atom stereocenters. The maximum atomic E-state index is 10.0. The number of benzene rings is 1. The molecule has 0 aliphatic heterocycles. The van der Waals surface area contributed by atoms with E-state index in [0.717, 1.165) is 19.6 Å². The van der Waals surface area contributed by atoms with Crippen LogP contribution in [0, 0.1) is 5.92 Å². The number of hydrogen-bond acceptors (Lipinski definition) is 4. The number of nitrogens with one attached hydrogen (secondary N) is 2. The normalized spacial score (nSPS) is 16.1. The molecule has 1 fully saturated rings. The summed E-state index contributed by atoms with van der Waals surface area (Å²) in [5, 5.41) is 17.1. The van der Waals surface area contributed by atoms with Crippen LogP contribution in [0.5, 0.6) is 5.75 Å². The summed E-state index contributed by atoms with van der Waals surface area (Å²) in [5.74, 6) is 2.03. The van der Waals surface area contributed by atoms with E-state index in [1.807, 2.05) is 31.2 Å². The van der Waals surface area contributed by atoms with Gasteiger partial charge in [0.15, 0.2) is 5.96 Å². The molecule has 0 saturated heterocycles. The van der Waals surface area contributed by atoms with E-state index in [-0.39, 0.29) is 30.1 Å². The van der Waals surface area contributed by atoms with Gasteiger partial charge in [-0.2, -0.15) is 0 Å². The summed E-state index contributed by atoms with van der Waals surface area (Å²) in [6.45, 7) is 6.76. The molecule has 1 aliphatic carbocycles. The van der Waals surface area contributed by atoms with Gasteiger partial charge >= 0.3 is 0 Å². The molecule has 1 aromatic carbocycles. The average molecular weight is 526 g/mol.